The van der Waals surface area contributed by atoms with Crippen LogP contribution in [0.5, 0.6) is 0 Å². The molecule has 1 aromatic carbocycles. The first-order chi connectivity index (χ1) is 9.69. The quantitative estimate of drug-likeness (QED) is 0.652. The summed E-state index contributed by atoms with van der Waals surface area (Å²) in [6, 6.07) is 9.58. The number of ether oxygens (including phenoxy) is 1. The summed E-state index contributed by atoms with van der Waals surface area (Å²) in [6.07, 6.45) is 0. The molecule has 116 valence electrons. The molecule has 1 aromatic rings. The van der Waals surface area contributed by atoms with Crippen LogP contribution in [0.25, 0.3) is 0 Å². The summed E-state index contributed by atoms with van der Waals surface area (Å²) in [5.74, 6) is -0.722. The standard InChI is InChI=1S/C16H22BrNO3/c1-15(2,3)14(20)21-16(4,11-17)13(19)18-10-12-8-6-5-7-9-12/h5-9H,10-11H2,1-4H3,(H,18,19). The summed E-state index contributed by atoms with van der Waals surface area (Å²) >= 11 is 3.26. The largest absolute Gasteiger partial charge is 0.448 e. The number of nitrogens with one attached hydrogen (secondary N) is 1. The minimum Gasteiger partial charge on any atom is -0.448 e. The highest BCUT2D eigenvalue weighted by atomic mass is 79.9. The van der Waals surface area contributed by atoms with Gasteiger partial charge in [0.05, 0.1) is 10.7 Å². The maximum absolute atomic E-state index is 12.3. The number of benzene rings is 1. The third kappa shape index (κ3) is 5.16. The van der Waals surface area contributed by atoms with Crippen molar-refractivity contribution in [2.75, 3.05) is 5.33 Å². The van der Waals surface area contributed by atoms with E-state index in [2.05, 4.69) is 21.2 Å². The van der Waals surface area contributed by atoms with Crippen molar-refractivity contribution in [3.8, 4) is 0 Å². The normalized spacial score (nSPS) is 14.1. The van der Waals surface area contributed by atoms with Crippen molar-refractivity contribution >= 4 is 27.8 Å². The Morgan fingerprint density at radius 2 is 1.71 bits per heavy atom. The molecule has 0 radical (unpaired) electrons. The van der Waals surface area contributed by atoms with Crippen molar-refractivity contribution in [1.29, 1.82) is 0 Å². The Labute approximate surface area is 134 Å². The first-order valence-electron chi connectivity index (χ1n) is 6.81. The molecule has 1 rings (SSSR count). The highest BCUT2D eigenvalue weighted by Gasteiger charge is 2.39. The summed E-state index contributed by atoms with van der Waals surface area (Å²) in [4.78, 5) is 24.3. The van der Waals surface area contributed by atoms with Gasteiger partial charge in [0, 0.05) is 6.54 Å². The minimum absolute atomic E-state index is 0.239. The van der Waals surface area contributed by atoms with Gasteiger partial charge in [0.2, 0.25) is 0 Å². The van der Waals surface area contributed by atoms with Crippen molar-refractivity contribution in [2.24, 2.45) is 5.41 Å². The van der Waals surface area contributed by atoms with Crippen LogP contribution in [-0.2, 0) is 20.9 Å². The van der Waals surface area contributed by atoms with Crippen LogP contribution in [0.1, 0.15) is 33.3 Å². The smallest absolute Gasteiger partial charge is 0.312 e. The molecule has 0 bridgehead atoms. The van der Waals surface area contributed by atoms with Crippen LogP contribution in [0.15, 0.2) is 30.3 Å². The van der Waals surface area contributed by atoms with Gasteiger partial charge in [-0.05, 0) is 33.3 Å². The fourth-order valence-corrected chi connectivity index (χ4v) is 1.83. The Kier molecular flexibility index (Phi) is 5.96. The van der Waals surface area contributed by atoms with Crippen molar-refractivity contribution in [2.45, 2.75) is 39.8 Å². The SMILES string of the molecule is CC(C)(C)C(=O)OC(C)(CBr)C(=O)NCc1ccccc1. The van der Waals surface area contributed by atoms with Crippen LogP contribution in [0.3, 0.4) is 0 Å². The van der Waals surface area contributed by atoms with Gasteiger partial charge in [-0.2, -0.15) is 0 Å². The van der Waals surface area contributed by atoms with E-state index in [9.17, 15) is 9.59 Å². The van der Waals surface area contributed by atoms with E-state index < -0.39 is 17.0 Å². The van der Waals surface area contributed by atoms with E-state index >= 15 is 0 Å². The van der Waals surface area contributed by atoms with Gasteiger partial charge in [-0.3, -0.25) is 9.59 Å². The summed E-state index contributed by atoms with van der Waals surface area (Å²) in [5.41, 5.74) is -0.882. The van der Waals surface area contributed by atoms with Gasteiger partial charge < -0.3 is 10.1 Å². The van der Waals surface area contributed by atoms with E-state index in [1.54, 1.807) is 27.7 Å². The lowest BCUT2D eigenvalue weighted by molar-refractivity contribution is -0.171. The van der Waals surface area contributed by atoms with Gasteiger partial charge >= 0.3 is 5.97 Å². The van der Waals surface area contributed by atoms with Crippen LogP contribution in [-0.4, -0.2) is 22.8 Å². The lowest BCUT2D eigenvalue weighted by atomic mass is 9.96. The average molecular weight is 356 g/mol. The van der Waals surface area contributed by atoms with Gasteiger partial charge in [-0.25, -0.2) is 0 Å². The van der Waals surface area contributed by atoms with E-state index in [1.807, 2.05) is 30.3 Å². The molecular formula is C16H22BrNO3. The topological polar surface area (TPSA) is 55.4 Å². The number of hydrogen-bond donors (Lipinski definition) is 1. The van der Waals surface area contributed by atoms with E-state index in [1.165, 1.54) is 0 Å². The maximum atomic E-state index is 12.3. The summed E-state index contributed by atoms with van der Waals surface area (Å²) in [7, 11) is 0. The zero-order valence-corrected chi connectivity index (χ0v) is 14.5. The molecule has 0 fully saturated rings. The van der Waals surface area contributed by atoms with Gasteiger partial charge in [0.1, 0.15) is 0 Å². The monoisotopic (exact) mass is 355 g/mol. The van der Waals surface area contributed by atoms with Gasteiger partial charge in [0.15, 0.2) is 5.60 Å². The number of amides is 1. The van der Waals surface area contributed by atoms with Crippen LogP contribution in [0.4, 0.5) is 0 Å². The van der Waals surface area contributed by atoms with E-state index in [0.29, 0.717) is 6.54 Å². The number of carbonyl (C=O) groups is 2. The maximum Gasteiger partial charge on any atom is 0.312 e. The molecule has 21 heavy (non-hydrogen) atoms. The van der Waals surface area contributed by atoms with Crippen molar-refractivity contribution in [1.82, 2.24) is 5.32 Å². The molecule has 0 aliphatic rings. The molecule has 5 heteroatoms. The number of esters is 1. The molecule has 0 heterocycles. The first-order valence-corrected chi connectivity index (χ1v) is 7.93. The number of halogens is 1. The molecule has 0 saturated heterocycles. The molecule has 4 nitrogen and oxygen atoms in total. The molecule has 1 unspecified atom stereocenters. The molecule has 0 spiro atoms. The number of alkyl halides is 1. The lowest BCUT2D eigenvalue weighted by Gasteiger charge is -2.29. The molecular weight excluding hydrogens is 334 g/mol. The fraction of sp³-hybridized carbons (Fsp3) is 0.500. The highest BCUT2D eigenvalue weighted by molar-refractivity contribution is 9.09. The molecule has 0 aliphatic carbocycles. The summed E-state index contributed by atoms with van der Waals surface area (Å²) < 4.78 is 5.40. The predicted octanol–water partition coefficient (Wildman–Crippen LogP) is 3.05. The summed E-state index contributed by atoms with van der Waals surface area (Å²) in [5, 5.41) is 3.04. The second-order valence-corrected chi connectivity index (χ2v) is 6.73. The Morgan fingerprint density at radius 3 is 2.19 bits per heavy atom. The molecule has 1 atom stereocenters. The Hall–Kier alpha value is -1.36. The average Bonchev–Trinajstić information content (AvgIpc) is 2.44. The third-order valence-corrected chi connectivity index (χ3v) is 4.03. The van der Waals surface area contributed by atoms with Crippen LogP contribution >= 0.6 is 15.9 Å². The number of hydrogen-bond acceptors (Lipinski definition) is 3. The Morgan fingerprint density at radius 1 is 1.14 bits per heavy atom. The first kappa shape index (κ1) is 17.7. The lowest BCUT2D eigenvalue weighted by Crippen LogP contribution is -2.50. The Balaban J connectivity index is 2.69. The van der Waals surface area contributed by atoms with E-state index in [4.69, 9.17) is 4.74 Å². The number of carbonyl (C=O) groups excluding carboxylic acids is 2. The van der Waals surface area contributed by atoms with Crippen molar-refractivity contribution < 1.29 is 14.3 Å². The molecule has 1 amide bonds. The highest BCUT2D eigenvalue weighted by Crippen LogP contribution is 2.22. The molecule has 1 N–H and O–H groups in total. The Bertz CT molecular complexity index is 496. The second kappa shape index (κ2) is 7.07. The van der Waals surface area contributed by atoms with Gasteiger partial charge in [-0.1, -0.05) is 46.3 Å². The fourth-order valence-electron chi connectivity index (χ4n) is 1.46. The predicted molar refractivity (Wildman–Crippen MR) is 86.0 cm³/mol. The van der Waals surface area contributed by atoms with Crippen molar-refractivity contribution in [3.05, 3.63) is 35.9 Å². The second-order valence-electron chi connectivity index (χ2n) is 6.17. The zero-order chi connectivity index (χ0) is 16.1. The van der Waals surface area contributed by atoms with Crippen LogP contribution < -0.4 is 5.32 Å². The zero-order valence-electron chi connectivity index (χ0n) is 12.9. The van der Waals surface area contributed by atoms with Crippen LogP contribution in [0.2, 0.25) is 0 Å². The van der Waals surface area contributed by atoms with Crippen LogP contribution in [0, 0.1) is 5.41 Å². The molecule has 0 saturated carbocycles. The van der Waals surface area contributed by atoms with E-state index in [0.717, 1.165) is 5.56 Å². The molecule has 0 aliphatic heterocycles. The summed E-state index contributed by atoms with van der Waals surface area (Å²) in [6.45, 7) is 7.27. The van der Waals surface area contributed by atoms with Gasteiger partial charge in [0.25, 0.3) is 5.91 Å². The van der Waals surface area contributed by atoms with E-state index in [-0.39, 0.29) is 11.2 Å². The van der Waals surface area contributed by atoms with Crippen molar-refractivity contribution in [3.63, 3.8) is 0 Å². The number of rotatable bonds is 5. The molecule has 0 aromatic heterocycles. The minimum atomic E-state index is -1.22. The van der Waals surface area contributed by atoms with Gasteiger partial charge in [-0.15, -0.1) is 0 Å². The third-order valence-electron chi connectivity index (χ3n) is 2.96.